The molecule has 1 aromatic rings. The van der Waals surface area contributed by atoms with E-state index < -0.39 is 0 Å². The topological polar surface area (TPSA) is 24.5 Å². The lowest BCUT2D eigenvalue weighted by atomic mass is 9.89. The highest BCUT2D eigenvalue weighted by molar-refractivity contribution is 9.10. The van der Waals surface area contributed by atoms with Gasteiger partial charge in [-0.15, -0.1) is 36.2 Å². The molecule has 0 radical (unpaired) electrons. The van der Waals surface area contributed by atoms with Gasteiger partial charge in [-0.1, -0.05) is 0 Å². The average Bonchev–Trinajstić information content (AvgIpc) is 2.88. The molecule has 122 valence electrons. The van der Waals surface area contributed by atoms with Gasteiger partial charge in [0.2, 0.25) is 0 Å². The molecule has 2 aliphatic heterocycles. The molecule has 0 aliphatic carbocycles. The normalized spacial score (nSPS) is 22.1. The van der Waals surface area contributed by atoms with E-state index in [1.165, 1.54) is 22.2 Å². The maximum atomic E-state index is 5.55. The van der Waals surface area contributed by atoms with Crippen molar-refractivity contribution in [2.45, 2.75) is 18.9 Å². The number of rotatable bonds is 3. The predicted molar refractivity (Wildman–Crippen MR) is 97.2 cm³/mol. The van der Waals surface area contributed by atoms with Crippen LogP contribution in [-0.2, 0) is 4.74 Å². The second-order valence-electron chi connectivity index (χ2n) is 5.31. The number of hydrogen-bond donors (Lipinski definition) is 1. The molecule has 7 heteroatoms. The Morgan fingerprint density at radius 3 is 2.48 bits per heavy atom. The van der Waals surface area contributed by atoms with Crippen molar-refractivity contribution in [1.29, 1.82) is 0 Å². The molecule has 1 N–H and O–H groups in total. The van der Waals surface area contributed by atoms with Crippen LogP contribution in [0.4, 0.5) is 0 Å². The molecule has 1 atom stereocenters. The summed E-state index contributed by atoms with van der Waals surface area (Å²) in [6.45, 7) is 6.40. The molecule has 2 aliphatic rings. The Hall–Kier alpha value is 0.640. The second-order valence-corrected chi connectivity index (χ2v) is 7.12. The van der Waals surface area contributed by atoms with Crippen LogP contribution in [0.25, 0.3) is 0 Å². The van der Waals surface area contributed by atoms with E-state index in [1.54, 1.807) is 0 Å². The standard InChI is InChI=1S/C14H21BrN2OS.2ClH/c15-12-3-10-19-14(12)13(11-1-8-18-9-2-11)17-6-4-16-5-7-17;;/h3,10-11,13,16H,1-2,4-9H2;2*1H/t13-;;/m1../s1. The Balaban J connectivity index is 0.00000110. The minimum absolute atomic E-state index is 0. The first kappa shape index (κ1) is 19.7. The molecule has 0 amide bonds. The number of piperazine rings is 1. The van der Waals surface area contributed by atoms with E-state index in [2.05, 4.69) is 37.6 Å². The Morgan fingerprint density at radius 2 is 1.90 bits per heavy atom. The fraction of sp³-hybridized carbons (Fsp3) is 0.714. The summed E-state index contributed by atoms with van der Waals surface area (Å²) in [5.41, 5.74) is 0. The van der Waals surface area contributed by atoms with Gasteiger partial charge >= 0.3 is 0 Å². The molecule has 3 heterocycles. The Labute approximate surface area is 151 Å². The van der Waals surface area contributed by atoms with Crippen molar-refractivity contribution in [1.82, 2.24) is 10.2 Å². The van der Waals surface area contributed by atoms with E-state index in [0.29, 0.717) is 6.04 Å². The van der Waals surface area contributed by atoms with Crippen molar-refractivity contribution in [3.63, 3.8) is 0 Å². The number of ether oxygens (including phenoxy) is 1. The number of halogens is 3. The van der Waals surface area contributed by atoms with Gasteiger partial charge in [0.25, 0.3) is 0 Å². The zero-order valence-corrected chi connectivity index (χ0v) is 16.0. The van der Waals surface area contributed by atoms with Crippen LogP contribution in [0.2, 0.25) is 0 Å². The van der Waals surface area contributed by atoms with Gasteiger partial charge < -0.3 is 10.1 Å². The maximum absolute atomic E-state index is 5.55. The minimum Gasteiger partial charge on any atom is -0.381 e. The monoisotopic (exact) mass is 416 g/mol. The van der Waals surface area contributed by atoms with Gasteiger partial charge in [-0.05, 0) is 46.1 Å². The van der Waals surface area contributed by atoms with Crippen LogP contribution in [0.15, 0.2) is 15.9 Å². The molecule has 0 spiro atoms. The first-order valence-electron chi connectivity index (χ1n) is 7.11. The van der Waals surface area contributed by atoms with Crippen molar-refractivity contribution in [2.24, 2.45) is 5.92 Å². The van der Waals surface area contributed by atoms with Crippen LogP contribution in [0.5, 0.6) is 0 Å². The fourth-order valence-corrected chi connectivity index (χ4v) is 5.02. The third kappa shape index (κ3) is 4.80. The van der Waals surface area contributed by atoms with Crippen LogP contribution in [0.1, 0.15) is 23.8 Å². The molecule has 3 rings (SSSR count). The van der Waals surface area contributed by atoms with E-state index >= 15 is 0 Å². The molecule has 0 saturated carbocycles. The molecule has 0 unspecified atom stereocenters. The highest BCUT2D eigenvalue weighted by Gasteiger charge is 2.33. The summed E-state index contributed by atoms with van der Waals surface area (Å²) < 4.78 is 6.83. The van der Waals surface area contributed by atoms with Gasteiger partial charge in [-0.2, -0.15) is 0 Å². The molecule has 21 heavy (non-hydrogen) atoms. The summed E-state index contributed by atoms with van der Waals surface area (Å²) in [5.74, 6) is 0.738. The van der Waals surface area contributed by atoms with Crippen molar-refractivity contribution in [3.8, 4) is 0 Å². The zero-order chi connectivity index (χ0) is 13.1. The zero-order valence-electron chi connectivity index (χ0n) is 11.9. The molecule has 1 aromatic heterocycles. The largest absolute Gasteiger partial charge is 0.381 e. The smallest absolute Gasteiger partial charge is 0.0483 e. The van der Waals surface area contributed by atoms with Gasteiger partial charge in [0, 0.05) is 54.8 Å². The molecule has 2 saturated heterocycles. The van der Waals surface area contributed by atoms with E-state index in [-0.39, 0.29) is 24.8 Å². The summed E-state index contributed by atoms with van der Waals surface area (Å²) in [6.07, 6.45) is 2.39. The van der Waals surface area contributed by atoms with E-state index in [1.807, 2.05) is 11.3 Å². The van der Waals surface area contributed by atoms with Crippen molar-refractivity contribution in [3.05, 3.63) is 20.8 Å². The number of thiophene rings is 1. The predicted octanol–water partition coefficient (Wildman–Crippen LogP) is 3.73. The third-order valence-electron chi connectivity index (χ3n) is 4.17. The minimum atomic E-state index is 0. The summed E-state index contributed by atoms with van der Waals surface area (Å²) >= 11 is 5.63. The van der Waals surface area contributed by atoms with Gasteiger partial charge in [-0.25, -0.2) is 0 Å². The molecular formula is C14H23BrCl2N2OS. The molecule has 3 nitrogen and oxygen atoms in total. The van der Waals surface area contributed by atoms with Crippen molar-refractivity contribution < 1.29 is 4.74 Å². The maximum Gasteiger partial charge on any atom is 0.0483 e. The Kier molecular flexibility index (Phi) is 9.10. The first-order chi connectivity index (χ1) is 9.36. The fourth-order valence-electron chi connectivity index (χ4n) is 3.19. The SMILES string of the molecule is Brc1ccsc1[C@@H](C1CCOCC1)N1CCNCC1.Cl.Cl. The summed E-state index contributed by atoms with van der Waals surface area (Å²) in [6, 6.07) is 2.76. The van der Waals surface area contributed by atoms with Crippen LogP contribution >= 0.6 is 52.1 Å². The van der Waals surface area contributed by atoms with Gasteiger partial charge in [0.15, 0.2) is 0 Å². The Bertz CT molecular complexity index is 391. The second kappa shape index (κ2) is 9.71. The first-order valence-corrected chi connectivity index (χ1v) is 8.79. The summed E-state index contributed by atoms with van der Waals surface area (Å²) in [4.78, 5) is 4.18. The molecular weight excluding hydrogens is 395 g/mol. The number of nitrogens with zero attached hydrogens (tertiary/aromatic N) is 1. The molecule has 0 bridgehead atoms. The average molecular weight is 418 g/mol. The summed E-state index contributed by atoms with van der Waals surface area (Å²) in [7, 11) is 0. The van der Waals surface area contributed by atoms with Gasteiger partial charge in [-0.3, -0.25) is 4.90 Å². The van der Waals surface area contributed by atoms with E-state index in [0.717, 1.165) is 45.3 Å². The van der Waals surface area contributed by atoms with Crippen molar-refractivity contribution >= 4 is 52.1 Å². The third-order valence-corrected chi connectivity index (χ3v) is 6.11. The number of hydrogen-bond acceptors (Lipinski definition) is 4. The van der Waals surface area contributed by atoms with Gasteiger partial charge in [0.1, 0.15) is 0 Å². The van der Waals surface area contributed by atoms with Crippen LogP contribution in [0, 0.1) is 5.92 Å². The quantitative estimate of drug-likeness (QED) is 0.810. The van der Waals surface area contributed by atoms with Gasteiger partial charge in [0.05, 0.1) is 0 Å². The lowest BCUT2D eigenvalue weighted by Crippen LogP contribution is -2.47. The van der Waals surface area contributed by atoms with Crippen LogP contribution < -0.4 is 5.32 Å². The van der Waals surface area contributed by atoms with Crippen molar-refractivity contribution in [2.75, 3.05) is 39.4 Å². The van der Waals surface area contributed by atoms with E-state index in [9.17, 15) is 0 Å². The van der Waals surface area contributed by atoms with Crippen LogP contribution in [-0.4, -0.2) is 44.3 Å². The highest BCUT2D eigenvalue weighted by Crippen LogP contribution is 2.41. The van der Waals surface area contributed by atoms with E-state index in [4.69, 9.17) is 4.74 Å². The molecule has 2 fully saturated rings. The highest BCUT2D eigenvalue weighted by atomic mass is 79.9. The Morgan fingerprint density at radius 1 is 1.24 bits per heavy atom. The lowest BCUT2D eigenvalue weighted by molar-refractivity contribution is 0.0221. The summed E-state index contributed by atoms with van der Waals surface area (Å²) in [5, 5.41) is 5.66. The number of nitrogens with one attached hydrogen (secondary N) is 1. The lowest BCUT2D eigenvalue weighted by Gasteiger charge is -2.40. The molecule has 0 aromatic carbocycles. The van der Waals surface area contributed by atoms with Crippen LogP contribution in [0.3, 0.4) is 0 Å².